The van der Waals surface area contributed by atoms with E-state index in [9.17, 15) is 0 Å². The van der Waals surface area contributed by atoms with Crippen molar-refractivity contribution in [2.24, 2.45) is 0 Å². The summed E-state index contributed by atoms with van der Waals surface area (Å²) in [5.41, 5.74) is 8.71. The van der Waals surface area contributed by atoms with Gasteiger partial charge in [0.1, 0.15) is 5.75 Å². The van der Waals surface area contributed by atoms with Gasteiger partial charge in [0.2, 0.25) is 0 Å². The van der Waals surface area contributed by atoms with Crippen LogP contribution < -0.4 is 15.8 Å². The van der Waals surface area contributed by atoms with Crippen LogP contribution in [0.5, 0.6) is 5.75 Å². The highest BCUT2D eigenvalue weighted by Gasteiger charge is 2.14. The third-order valence-corrected chi connectivity index (χ3v) is 2.66. The van der Waals surface area contributed by atoms with Crippen LogP contribution in [0, 0.1) is 0 Å². The third kappa shape index (κ3) is 1.53. The summed E-state index contributed by atoms with van der Waals surface area (Å²) in [6, 6.07) is 3.85. The predicted molar refractivity (Wildman–Crippen MR) is 61.9 cm³/mol. The summed E-state index contributed by atoms with van der Waals surface area (Å²) in [5.74, 6) is 0.695. The van der Waals surface area contributed by atoms with Gasteiger partial charge in [-0.1, -0.05) is 12.2 Å². The number of ether oxygens (including phenoxy) is 1. The molecular weight excluding hydrogens is 196 g/mol. The van der Waals surface area contributed by atoms with Gasteiger partial charge in [-0.3, -0.25) is 0 Å². The van der Waals surface area contributed by atoms with Crippen molar-refractivity contribution in [3.8, 4) is 5.75 Å². The van der Waals surface area contributed by atoms with Crippen LogP contribution in [0.4, 0.5) is 11.4 Å². The molecule has 1 aliphatic heterocycles. The van der Waals surface area contributed by atoms with E-state index in [0.29, 0.717) is 11.4 Å². The Morgan fingerprint density at radius 2 is 2.21 bits per heavy atom. The molecule has 0 saturated carbocycles. The largest absolute Gasteiger partial charge is 0.495 e. The number of nitrogen functional groups attached to an aromatic ring is 1. The van der Waals surface area contributed by atoms with Gasteiger partial charge < -0.3 is 15.8 Å². The van der Waals surface area contributed by atoms with E-state index in [-0.39, 0.29) is 0 Å². The van der Waals surface area contributed by atoms with Crippen molar-refractivity contribution in [1.82, 2.24) is 0 Å². The summed E-state index contributed by atoms with van der Waals surface area (Å²) in [6.45, 7) is 0. The van der Waals surface area contributed by atoms with E-state index in [2.05, 4.69) is 5.32 Å². The van der Waals surface area contributed by atoms with E-state index >= 15 is 0 Å². The number of nitrogens with two attached hydrogens (primary N) is 1. The normalized spacial score (nSPS) is 14.5. The molecule has 0 fully saturated rings. The molecule has 0 aromatic heterocycles. The number of anilines is 2. The number of rotatable bonds is 1. The Bertz CT molecular complexity index is 390. The molecule has 0 radical (unpaired) electrons. The number of benzene rings is 1. The number of nitrogens with one attached hydrogen (secondary N) is 1. The molecule has 1 aliphatic rings. The van der Waals surface area contributed by atoms with Crippen LogP contribution in [0.25, 0.3) is 0 Å². The monoisotopic (exact) mass is 208 g/mol. The van der Waals surface area contributed by atoms with Crippen LogP contribution >= 0.6 is 12.2 Å². The van der Waals surface area contributed by atoms with Crippen LogP contribution in [0.15, 0.2) is 12.1 Å². The molecular formula is C10H12N2OS. The molecule has 2 rings (SSSR count). The van der Waals surface area contributed by atoms with Crippen molar-refractivity contribution in [2.75, 3.05) is 18.2 Å². The standard InChI is InChI=1S/C10H12N2OS/c1-13-9-5-8-6(4-7(9)11)2-3-10(14)12-8/h4-5H,2-3,11H2,1H3,(H,12,14). The Hall–Kier alpha value is -1.29. The lowest BCUT2D eigenvalue weighted by Gasteiger charge is -2.20. The van der Waals surface area contributed by atoms with E-state index in [1.807, 2.05) is 12.1 Å². The zero-order valence-electron chi connectivity index (χ0n) is 7.96. The summed E-state index contributed by atoms with van der Waals surface area (Å²) in [4.78, 5) is 0.879. The summed E-state index contributed by atoms with van der Waals surface area (Å²) >= 11 is 5.11. The molecule has 0 unspecified atom stereocenters. The minimum absolute atomic E-state index is 0.681. The van der Waals surface area contributed by atoms with Gasteiger partial charge in [0.15, 0.2) is 0 Å². The van der Waals surface area contributed by atoms with Crippen molar-refractivity contribution in [3.63, 3.8) is 0 Å². The molecule has 0 atom stereocenters. The van der Waals surface area contributed by atoms with Crippen LogP contribution in [0.2, 0.25) is 0 Å². The second kappa shape index (κ2) is 3.46. The first-order valence-electron chi connectivity index (χ1n) is 4.47. The highest BCUT2D eigenvalue weighted by atomic mass is 32.1. The average Bonchev–Trinajstić information content (AvgIpc) is 2.17. The molecule has 14 heavy (non-hydrogen) atoms. The maximum atomic E-state index is 5.80. The van der Waals surface area contributed by atoms with Crippen molar-refractivity contribution < 1.29 is 4.74 Å². The molecule has 3 nitrogen and oxygen atoms in total. The molecule has 3 N–H and O–H groups in total. The smallest absolute Gasteiger partial charge is 0.143 e. The Balaban J connectivity index is 2.46. The highest BCUT2D eigenvalue weighted by Crippen LogP contribution is 2.32. The summed E-state index contributed by atoms with van der Waals surface area (Å²) < 4.78 is 5.14. The number of methoxy groups -OCH3 is 1. The molecule has 1 aromatic rings. The van der Waals surface area contributed by atoms with Gasteiger partial charge in [-0.2, -0.15) is 0 Å². The molecule has 0 amide bonds. The van der Waals surface area contributed by atoms with Crippen LogP contribution in [0.3, 0.4) is 0 Å². The first-order valence-corrected chi connectivity index (χ1v) is 4.88. The van der Waals surface area contributed by atoms with Gasteiger partial charge in [-0.25, -0.2) is 0 Å². The summed E-state index contributed by atoms with van der Waals surface area (Å²) in [5, 5.41) is 3.16. The summed E-state index contributed by atoms with van der Waals surface area (Å²) in [7, 11) is 1.61. The van der Waals surface area contributed by atoms with Crippen LogP contribution in [-0.2, 0) is 6.42 Å². The molecule has 0 spiro atoms. The Morgan fingerprint density at radius 1 is 1.43 bits per heavy atom. The second-order valence-corrected chi connectivity index (χ2v) is 3.79. The van der Waals surface area contributed by atoms with Gasteiger partial charge in [0, 0.05) is 18.2 Å². The number of hydrogen-bond donors (Lipinski definition) is 2. The van der Waals surface area contributed by atoms with E-state index in [1.165, 1.54) is 5.56 Å². The van der Waals surface area contributed by atoms with Gasteiger partial charge >= 0.3 is 0 Å². The van der Waals surface area contributed by atoms with Gasteiger partial charge in [0.05, 0.1) is 17.8 Å². The van der Waals surface area contributed by atoms with E-state index in [0.717, 1.165) is 23.5 Å². The lowest BCUT2D eigenvalue weighted by molar-refractivity contribution is 0.417. The number of thiocarbonyl (C=S) groups is 1. The molecule has 4 heteroatoms. The van der Waals surface area contributed by atoms with Gasteiger partial charge in [-0.15, -0.1) is 0 Å². The van der Waals surface area contributed by atoms with Crippen molar-refractivity contribution >= 4 is 28.6 Å². The maximum Gasteiger partial charge on any atom is 0.143 e. The average molecular weight is 208 g/mol. The van der Waals surface area contributed by atoms with Crippen LogP contribution in [0.1, 0.15) is 12.0 Å². The minimum atomic E-state index is 0.681. The number of fused-ring (bicyclic) bond motifs is 1. The summed E-state index contributed by atoms with van der Waals surface area (Å²) in [6.07, 6.45) is 1.85. The lowest BCUT2D eigenvalue weighted by atomic mass is 10.0. The zero-order valence-corrected chi connectivity index (χ0v) is 8.78. The highest BCUT2D eigenvalue weighted by molar-refractivity contribution is 7.80. The van der Waals surface area contributed by atoms with E-state index in [1.54, 1.807) is 7.11 Å². The predicted octanol–water partition coefficient (Wildman–Crippen LogP) is 1.96. The van der Waals surface area contributed by atoms with Gasteiger partial charge in [-0.05, 0) is 18.1 Å². The molecule has 1 heterocycles. The molecule has 1 aromatic carbocycles. The van der Waals surface area contributed by atoms with E-state index < -0.39 is 0 Å². The third-order valence-electron chi connectivity index (χ3n) is 2.35. The minimum Gasteiger partial charge on any atom is -0.495 e. The zero-order chi connectivity index (χ0) is 10.1. The number of hydrogen-bond acceptors (Lipinski definition) is 3. The van der Waals surface area contributed by atoms with Crippen molar-refractivity contribution in [2.45, 2.75) is 12.8 Å². The SMILES string of the molecule is COc1cc2c(cc1N)CCC(=S)N2. The fourth-order valence-corrected chi connectivity index (χ4v) is 1.82. The van der Waals surface area contributed by atoms with Crippen molar-refractivity contribution in [3.05, 3.63) is 17.7 Å². The Labute approximate surface area is 88.2 Å². The molecule has 0 bridgehead atoms. The second-order valence-electron chi connectivity index (χ2n) is 3.30. The topological polar surface area (TPSA) is 47.3 Å². The molecule has 0 aliphatic carbocycles. The Morgan fingerprint density at radius 3 is 2.93 bits per heavy atom. The van der Waals surface area contributed by atoms with Gasteiger partial charge in [0.25, 0.3) is 0 Å². The fraction of sp³-hybridized carbons (Fsp3) is 0.300. The first-order chi connectivity index (χ1) is 6.70. The molecule has 74 valence electrons. The molecule has 0 saturated heterocycles. The fourth-order valence-electron chi connectivity index (χ4n) is 1.60. The van der Waals surface area contributed by atoms with Crippen LogP contribution in [-0.4, -0.2) is 12.1 Å². The van der Waals surface area contributed by atoms with E-state index in [4.69, 9.17) is 22.7 Å². The maximum absolute atomic E-state index is 5.80. The quantitative estimate of drug-likeness (QED) is 0.547. The van der Waals surface area contributed by atoms with Crippen molar-refractivity contribution in [1.29, 1.82) is 0 Å². The Kier molecular flexibility index (Phi) is 2.29. The number of aryl methyl sites for hydroxylation is 1. The lowest BCUT2D eigenvalue weighted by Crippen LogP contribution is -2.17. The first kappa shape index (κ1) is 9.27.